The fraction of sp³-hybridized carbons (Fsp3) is 0.455. The molecule has 1 aliphatic carbocycles. The molecule has 1 saturated carbocycles. The zero-order chi connectivity index (χ0) is 20.4. The second-order valence-electron chi connectivity index (χ2n) is 8.44. The van der Waals surface area contributed by atoms with Crippen molar-refractivity contribution in [2.75, 3.05) is 18.5 Å². The van der Waals surface area contributed by atoms with E-state index in [2.05, 4.69) is 22.0 Å². The van der Waals surface area contributed by atoms with Crippen LogP contribution in [0, 0.1) is 0 Å². The number of hydrogen-bond acceptors (Lipinski definition) is 4. The first-order valence-electron chi connectivity index (χ1n) is 9.56. The topological polar surface area (TPSA) is 45.7 Å². The Balaban J connectivity index is 1.80. The van der Waals surface area contributed by atoms with Gasteiger partial charge < -0.3 is 14.5 Å². The van der Waals surface area contributed by atoms with E-state index >= 15 is 0 Å². The smallest absolute Gasteiger partial charge is 0.410 e. The summed E-state index contributed by atoms with van der Waals surface area (Å²) in [7, 11) is 1.84. The maximum Gasteiger partial charge on any atom is 0.410 e. The van der Waals surface area contributed by atoms with Gasteiger partial charge in [-0.3, -0.25) is 0 Å². The molecular formula is C22H28ClN3O2. The van der Waals surface area contributed by atoms with Crippen LogP contribution in [0.5, 0.6) is 0 Å². The van der Waals surface area contributed by atoms with Gasteiger partial charge in [0, 0.05) is 20.1 Å². The van der Waals surface area contributed by atoms with Crippen molar-refractivity contribution in [1.82, 2.24) is 9.88 Å². The average Bonchev–Trinajstić information content (AvgIpc) is 3.41. The molecule has 1 amide bonds. The lowest BCUT2D eigenvalue weighted by Crippen LogP contribution is -2.48. The van der Waals surface area contributed by atoms with Crippen LogP contribution in [0.25, 0.3) is 0 Å². The first-order valence-corrected chi connectivity index (χ1v) is 9.94. The van der Waals surface area contributed by atoms with Crippen molar-refractivity contribution >= 4 is 23.4 Å². The van der Waals surface area contributed by atoms with E-state index in [9.17, 15) is 4.79 Å². The number of carbonyl (C=O) groups is 1. The molecule has 1 fully saturated rings. The number of hydrogen-bond donors (Lipinski definition) is 0. The van der Waals surface area contributed by atoms with Crippen molar-refractivity contribution < 1.29 is 9.53 Å². The third-order valence-corrected chi connectivity index (χ3v) is 5.21. The standard InChI is InChI=1S/C22H28ClN3O2/c1-21(2,3)28-20(27)25(4)22(12-13-22)16-26(15-17-8-6-5-7-9-17)18-10-11-19(23)24-14-18/h5-11,14H,12-13,15-16H2,1-4H3. The molecule has 1 aliphatic rings. The Labute approximate surface area is 172 Å². The maximum absolute atomic E-state index is 12.6. The number of anilines is 1. The van der Waals surface area contributed by atoms with Gasteiger partial charge in [-0.15, -0.1) is 0 Å². The van der Waals surface area contributed by atoms with Gasteiger partial charge in [0.15, 0.2) is 0 Å². The number of nitrogens with zero attached hydrogens (tertiary/aromatic N) is 3. The average molecular weight is 402 g/mol. The van der Waals surface area contributed by atoms with Crippen LogP contribution in [0.4, 0.5) is 10.5 Å². The molecule has 1 heterocycles. The number of halogens is 1. The van der Waals surface area contributed by atoms with Crippen LogP contribution in [-0.2, 0) is 11.3 Å². The highest BCUT2D eigenvalue weighted by atomic mass is 35.5. The van der Waals surface area contributed by atoms with Crippen LogP contribution < -0.4 is 4.90 Å². The van der Waals surface area contributed by atoms with Gasteiger partial charge in [-0.1, -0.05) is 41.9 Å². The summed E-state index contributed by atoms with van der Waals surface area (Å²) in [5, 5.41) is 0.468. The van der Waals surface area contributed by atoms with E-state index < -0.39 is 5.60 Å². The molecule has 0 spiro atoms. The fourth-order valence-corrected chi connectivity index (χ4v) is 3.33. The highest BCUT2D eigenvalue weighted by Gasteiger charge is 2.50. The van der Waals surface area contributed by atoms with Gasteiger partial charge in [0.1, 0.15) is 10.8 Å². The summed E-state index contributed by atoms with van der Waals surface area (Å²) in [5.74, 6) is 0. The highest BCUT2D eigenvalue weighted by Crippen LogP contribution is 2.43. The van der Waals surface area contributed by atoms with E-state index in [1.165, 1.54) is 5.56 Å². The molecule has 0 saturated heterocycles. The Hall–Kier alpha value is -2.27. The van der Waals surface area contributed by atoms with E-state index in [0.29, 0.717) is 11.7 Å². The van der Waals surface area contributed by atoms with Crippen molar-refractivity contribution in [3.63, 3.8) is 0 Å². The van der Waals surface area contributed by atoms with Crippen LogP contribution in [0.2, 0.25) is 5.15 Å². The quantitative estimate of drug-likeness (QED) is 0.628. The zero-order valence-electron chi connectivity index (χ0n) is 17.0. The number of pyridine rings is 1. The molecule has 0 unspecified atom stereocenters. The van der Waals surface area contributed by atoms with Crippen LogP contribution in [0.1, 0.15) is 39.2 Å². The van der Waals surface area contributed by atoms with Crippen LogP contribution >= 0.6 is 11.6 Å². The Morgan fingerprint density at radius 3 is 2.39 bits per heavy atom. The lowest BCUT2D eigenvalue weighted by Gasteiger charge is -2.35. The lowest BCUT2D eigenvalue weighted by atomic mass is 10.1. The van der Waals surface area contributed by atoms with Crippen LogP contribution in [0.15, 0.2) is 48.7 Å². The third-order valence-electron chi connectivity index (χ3n) is 4.98. The third kappa shape index (κ3) is 5.16. The zero-order valence-corrected chi connectivity index (χ0v) is 17.7. The Morgan fingerprint density at radius 2 is 1.86 bits per heavy atom. The SMILES string of the molecule is CN(C(=O)OC(C)(C)C)C1(CN(Cc2ccccc2)c2ccc(Cl)nc2)CC1. The number of ether oxygens (including phenoxy) is 1. The Bertz CT molecular complexity index is 799. The monoisotopic (exact) mass is 401 g/mol. The molecule has 2 aromatic rings. The van der Waals surface area contributed by atoms with Gasteiger partial charge in [-0.2, -0.15) is 0 Å². The summed E-state index contributed by atoms with van der Waals surface area (Å²) in [6, 6.07) is 14.1. The molecule has 1 aromatic heterocycles. The summed E-state index contributed by atoms with van der Waals surface area (Å²) >= 11 is 5.98. The predicted octanol–water partition coefficient (Wildman–Crippen LogP) is 5.14. The van der Waals surface area contributed by atoms with E-state index in [4.69, 9.17) is 16.3 Å². The molecular weight excluding hydrogens is 374 g/mol. The first kappa shape index (κ1) is 20.5. The molecule has 0 aliphatic heterocycles. The number of rotatable bonds is 6. The van der Waals surface area contributed by atoms with Crippen LogP contribution in [0.3, 0.4) is 0 Å². The minimum atomic E-state index is -0.509. The van der Waals surface area contributed by atoms with E-state index in [0.717, 1.165) is 25.1 Å². The number of carbonyl (C=O) groups excluding carboxylic acids is 1. The minimum absolute atomic E-state index is 0.225. The van der Waals surface area contributed by atoms with Gasteiger partial charge in [0.25, 0.3) is 0 Å². The molecule has 0 atom stereocenters. The molecule has 150 valence electrons. The first-order chi connectivity index (χ1) is 13.2. The Kier molecular flexibility index (Phi) is 5.84. The lowest BCUT2D eigenvalue weighted by molar-refractivity contribution is 0.0201. The second kappa shape index (κ2) is 8.00. The van der Waals surface area contributed by atoms with E-state index in [1.54, 1.807) is 17.2 Å². The summed E-state index contributed by atoms with van der Waals surface area (Å²) in [4.78, 5) is 20.9. The van der Waals surface area contributed by atoms with Crippen molar-refractivity contribution in [2.24, 2.45) is 0 Å². The van der Waals surface area contributed by atoms with Crippen molar-refractivity contribution in [3.8, 4) is 0 Å². The summed E-state index contributed by atoms with van der Waals surface area (Å²) < 4.78 is 5.59. The number of amides is 1. The maximum atomic E-state index is 12.6. The highest BCUT2D eigenvalue weighted by molar-refractivity contribution is 6.29. The van der Waals surface area contributed by atoms with Gasteiger partial charge in [0.2, 0.25) is 0 Å². The number of likely N-dealkylation sites (N-methyl/N-ethyl adjacent to an activating group) is 1. The van der Waals surface area contributed by atoms with E-state index in [1.807, 2.05) is 52.1 Å². The molecule has 0 N–H and O–H groups in total. The number of benzene rings is 1. The van der Waals surface area contributed by atoms with Crippen molar-refractivity contribution in [2.45, 2.75) is 51.3 Å². The van der Waals surface area contributed by atoms with Crippen molar-refractivity contribution in [3.05, 3.63) is 59.4 Å². The second-order valence-corrected chi connectivity index (χ2v) is 8.83. The van der Waals surface area contributed by atoms with Gasteiger partial charge in [-0.25, -0.2) is 9.78 Å². The molecule has 0 bridgehead atoms. The Morgan fingerprint density at radius 1 is 1.18 bits per heavy atom. The van der Waals surface area contributed by atoms with E-state index in [-0.39, 0.29) is 11.6 Å². The van der Waals surface area contributed by atoms with Gasteiger partial charge in [-0.05, 0) is 51.3 Å². The molecule has 28 heavy (non-hydrogen) atoms. The molecule has 3 rings (SSSR count). The fourth-order valence-electron chi connectivity index (χ4n) is 3.22. The molecule has 1 aromatic carbocycles. The molecule has 5 nitrogen and oxygen atoms in total. The van der Waals surface area contributed by atoms with Gasteiger partial charge in [0.05, 0.1) is 17.4 Å². The normalized spacial score (nSPS) is 15.0. The number of aromatic nitrogens is 1. The summed E-state index contributed by atoms with van der Waals surface area (Å²) in [6.45, 7) is 7.10. The van der Waals surface area contributed by atoms with Crippen molar-refractivity contribution in [1.29, 1.82) is 0 Å². The summed E-state index contributed by atoms with van der Waals surface area (Å²) in [5.41, 5.74) is 1.45. The minimum Gasteiger partial charge on any atom is -0.444 e. The summed E-state index contributed by atoms with van der Waals surface area (Å²) in [6.07, 6.45) is 3.41. The van der Waals surface area contributed by atoms with Crippen LogP contribution in [-0.4, -0.2) is 40.7 Å². The predicted molar refractivity (Wildman–Crippen MR) is 113 cm³/mol. The van der Waals surface area contributed by atoms with Gasteiger partial charge >= 0.3 is 6.09 Å². The largest absolute Gasteiger partial charge is 0.444 e. The molecule has 6 heteroatoms. The molecule has 0 radical (unpaired) electrons.